The van der Waals surface area contributed by atoms with E-state index in [9.17, 15) is 18.0 Å². The Kier molecular flexibility index (Phi) is 10.4. The lowest BCUT2D eigenvalue weighted by molar-refractivity contribution is -0.141. The number of ether oxygens (including phenoxy) is 2. The number of carbonyl (C=O) groups is 2. The van der Waals surface area contributed by atoms with Crippen LogP contribution in [0.1, 0.15) is 39.7 Å². The van der Waals surface area contributed by atoms with Gasteiger partial charge in [-0.1, -0.05) is 37.3 Å². The fourth-order valence-corrected chi connectivity index (χ4v) is 5.07. The van der Waals surface area contributed by atoms with E-state index in [4.69, 9.17) is 9.47 Å². The highest BCUT2D eigenvalue weighted by atomic mass is 32.2. The molecule has 0 aliphatic carbocycles. The maximum atomic E-state index is 13.9. The zero-order valence-electron chi connectivity index (χ0n) is 24.5. The number of benzene rings is 3. The molecule has 41 heavy (non-hydrogen) atoms. The molecule has 3 aromatic rings. The first kappa shape index (κ1) is 31.5. The summed E-state index contributed by atoms with van der Waals surface area (Å²) in [5.74, 6) is 1.00. The van der Waals surface area contributed by atoms with Crippen molar-refractivity contribution in [1.82, 2.24) is 10.2 Å². The van der Waals surface area contributed by atoms with Crippen LogP contribution in [0.4, 0.5) is 5.69 Å². The van der Waals surface area contributed by atoms with Crippen molar-refractivity contribution in [3.8, 4) is 17.2 Å². The first-order valence-corrected chi connectivity index (χ1v) is 15.2. The van der Waals surface area contributed by atoms with Crippen LogP contribution in [0.15, 0.2) is 78.9 Å². The van der Waals surface area contributed by atoms with E-state index < -0.39 is 34.1 Å². The smallest absolute Gasteiger partial charge is 0.244 e. The molecule has 0 aliphatic heterocycles. The molecule has 1 N–H and O–H groups in total. The summed E-state index contributed by atoms with van der Waals surface area (Å²) in [5.41, 5.74) is 0.564. The lowest BCUT2D eigenvalue weighted by atomic mass is 10.1. The van der Waals surface area contributed by atoms with E-state index >= 15 is 0 Å². The van der Waals surface area contributed by atoms with Gasteiger partial charge in [-0.15, -0.1) is 0 Å². The van der Waals surface area contributed by atoms with Crippen LogP contribution in [0, 0.1) is 0 Å². The van der Waals surface area contributed by atoms with Crippen LogP contribution in [-0.2, 0) is 26.2 Å². The van der Waals surface area contributed by atoms with Gasteiger partial charge >= 0.3 is 0 Å². The molecule has 1 atom stereocenters. The summed E-state index contributed by atoms with van der Waals surface area (Å²) in [6, 6.07) is 22.0. The molecule has 0 bridgehead atoms. The van der Waals surface area contributed by atoms with Crippen LogP contribution in [0.2, 0.25) is 0 Å². The van der Waals surface area contributed by atoms with Crippen molar-refractivity contribution < 1.29 is 27.5 Å². The predicted molar refractivity (Wildman–Crippen MR) is 161 cm³/mol. The van der Waals surface area contributed by atoms with Gasteiger partial charge in [-0.25, -0.2) is 8.42 Å². The Morgan fingerprint density at radius 3 is 1.95 bits per heavy atom. The lowest BCUT2D eigenvalue weighted by Gasteiger charge is -2.34. The molecule has 0 saturated heterocycles. The number of hydrogen-bond acceptors (Lipinski definition) is 6. The maximum absolute atomic E-state index is 13.9. The van der Waals surface area contributed by atoms with Gasteiger partial charge in [-0.3, -0.25) is 13.9 Å². The summed E-state index contributed by atoms with van der Waals surface area (Å²) in [6.45, 7) is 7.05. The van der Waals surface area contributed by atoms with Gasteiger partial charge < -0.3 is 19.7 Å². The van der Waals surface area contributed by atoms with Gasteiger partial charge in [-0.05, 0) is 81.3 Å². The summed E-state index contributed by atoms with van der Waals surface area (Å²) in [6.07, 6.45) is 1.39. The number of rotatable bonds is 12. The Bertz CT molecular complexity index is 1400. The molecule has 220 valence electrons. The molecule has 0 heterocycles. The highest BCUT2D eigenvalue weighted by Crippen LogP contribution is 2.26. The molecule has 2 amide bonds. The Morgan fingerprint density at radius 1 is 0.878 bits per heavy atom. The summed E-state index contributed by atoms with van der Waals surface area (Å²) in [5, 5.41) is 2.95. The summed E-state index contributed by atoms with van der Waals surface area (Å²) in [4.78, 5) is 28.6. The molecule has 3 rings (SSSR count). The number of anilines is 1. The highest BCUT2D eigenvalue weighted by Gasteiger charge is 2.33. The van der Waals surface area contributed by atoms with E-state index in [0.29, 0.717) is 29.4 Å². The Hall–Kier alpha value is -4.05. The third kappa shape index (κ3) is 9.24. The first-order chi connectivity index (χ1) is 19.3. The molecule has 0 aromatic heterocycles. The minimum atomic E-state index is -3.85. The van der Waals surface area contributed by atoms with Gasteiger partial charge in [0.05, 0.1) is 19.1 Å². The SMILES string of the molecule is CC[C@@H](C(=O)NC(C)(C)C)N(Cc1ccc(OC)cc1)C(=O)CN(c1ccc(Oc2ccccc2)cc1)S(C)(=O)=O. The van der Waals surface area contributed by atoms with Gasteiger partial charge in [-0.2, -0.15) is 0 Å². The Morgan fingerprint density at radius 2 is 1.44 bits per heavy atom. The van der Waals surface area contributed by atoms with Crippen LogP contribution in [0.25, 0.3) is 0 Å². The molecule has 0 aliphatic rings. The molecule has 10 heteroatoms. The average Bonchev–Trinajstić information content (AvgIpc) is 2.91. The standard InChI is InChI=1S/C31H39N3O6S/c1-7-28(30(36)32-31(2,3)4)33(21-23-13-17-25(39-5)18-14-23)29(35)22-34(41(6,37)38)24-15-19-27(20-16-24)40-26-11-9-8-10-12-26/h8-20,28H,7,21-22H2,1-6H3,(H,32,36)/t28-/m0/s1. The third-order valence-corrected chi connectivity index (χ3v) is 7.32. The monoisotopic (exact) mass is 581 g/mol. The first-order valence-electron chi connectivity index (χ1n) is 13.4. The number of sulfonamides is 1. The summed E-state index contributed by atoms with van der Waals surface area (Å²) >= 11 is 0. The van der Waals surface area contributed by atoms with Gasteiger partial charge in [0, 0.05) is 12.1 Å². The second-order valence-electron chi connectivity index (χ2n) is 10.7. The minimum absolute atomic E-state index is 0.111. The number of carbonyl (C=O) groups excluding carboxylic acids is 2. The van der Waals surface area contributed by atoms with Crippen molar-refractivity contribution in [3.63, 3.8) is 0 Å². The van der Waals surface area contributed by atoms with E-state index in [1.54, 1.807) is 43.5 Å². The van der Waals surface area contributed by atoms with E-state index in [2.05, 4.69) is 5.32 Å². The molecular formula is C31H39N3O6S. The number of amides is 2. The Labute approximate surface area is 243 Å². The van der Waals surface area contributed by atoms with Crippen LogP contribution < -0.4 is 19.1 Å². The van der Waals surface area contributed by atoms with Crippen LogP contribution >= 0.6 is 0 Å². The molecule has 0 fully saturated rings. The second kappa shape index (κ2) is 13.5. The van der Waals surface area contributed by atoms with Gasteiger partial charge in [0.25, 0.3) is 0 Å². The molecule has 3 aromatic carbocycles. The number of nitrogens with one attached hydrogen (secondary N) is 1. The number of nitrogens with zero attached hydrogens (tertiary/aromatic N) is 2. The van der Waals surface area contributed by atoms with Gasteiger partial charge in [0.15, 0.2) is 0 Å². The zero-order valence-corrected chi connectivity index (χ0v) is 25.3. The molecule has 0 unspecified atom stereocenters. The number of hydrogen-bond donors (Lipinski definition) is 1. The minimum Gasteiger partial charge on any atom is -0.497 e. The van der Waals surface area contributed by atoms with E-state index in [1.165, 1.54) is 4.90 Å². The topological polar surface area (TPSA) is 105 Å². The zero-order chi connectivity index (χ0) is 30.2. The van der Waals surface area contributed by atoms with Crippen LogP contribution in [-0.4, -0.2) is 56.6 Å². The fourth-order valence-electron chi connectivity index (χ4n) is 4.22. The Balaban J connectivity index is 1.91. The normalized spacial score (nSPS) is 12.2. The molecule has 0 spiro atoms. The van der Waals surface area contributed by atoms with Crippen molar-refractivity contribution in [2.45, 2.75) is 52.2 Å². The van der Waals surface area contributed by atoms with E-state index in [0.717, 1.165) is 16.1 Å². The molecular weight excluding hydrogens is 542 g/mol. The fraction of sp³-hybridized carbons (Fsp3) is 0.355. The highest BCUT2D eigenvalue weighted by molar-refractivity contribution is 7.92. The van der Waals surface area contributed by atoms with Crippen LogP contribution in [0.5, 0.6) is 17.2 Å². The predicted octanol–water partition coefficient (Wildman–Crippen LogP) is 4.98. The number of methoxy groups -OCH3 is 1. The van der Waals surface area contributed by atoms with Crippen molar-refractivity contribution in [1.29, 1.82) is 0 Å². The third-order valence-electron chi connectivity index (χ3n) is 6.18. The quantitative estimate of drug-likeness (QED) is 0.324. The number of para-hydroxylation sites is 1. The van der Waals surface area contributed by atoms with Crippen LogP contribution in [0.3, 0.4) is 0 Å². The van der Waals surface area contributed by atoms with Gasteiger partial charge in [0.1, 0.15) is 29.8 Å². The molecule has 0 radical (unpaired) electrons. The summed E-state index contributed by atoms with van der Waals surface area (Å²) < 4.78 is 37.9. The molecule has 9 nitrogen and oxygen atoms in total. The lowest BCUT2D eigenvalue weighted by Crippen LogP contribution is -2.55. The maximum Gasteiger partial charge on any atom is 0.244 e. The average molecular weight is 582 g/mol. The van der Waals surface area contributed by atoms with Crippen molar-refractivity contribution >= 4 is 27.5 Å². The second-order valence-corrected chi connectivity index (χ2v) is 12.6. The van der Waals surface area contributed by atoms with Crippen molar-refractivity contribution in [3.05, 3.63) is 84.4 Å². The van der Waals surface area contributed by atoms with Crippen molar-refractivity contribution in [2.75, 3.05) is 24.2 Å². The van der Waals surface area contributed by atoms with Crippen molar-refractivity contribution in [2.24, 2.45) is 0 Å². The largest absolute Gasteiger partial charge is 0.497 e. The summed E-state index contributed by atoms with van der Waals surface area (Å²) in [7, 11) is -2.29. The van der Waals surface area contributed by atoms with E-state index in [1.807, 2.05) is 70.2 Å². The van der Waals surface area contributed by atoms with E-state index in [-0.39, 0.29) is 12.5 Å². The molecule has 0 saturated carbocycles. The van der Waals surface area contributed by atoms with Gasteiger partial charge in [0.2, 0.25) is 21.8 Å².